The van der Waals surface area contributed by atoms with E-state index in [0.29, 0.717) is 12.0 Å². The number of carbonyl (C=O) groups is 1. The Labute approximate surface area is 148 Å². The number of hydrogen-bond donors (Lipinski definition) is 1. The second kappa shape index (κ2) is 13.0. The number of hydrogen-bond acceptors (Lipinski definition) is 2. The van der Waals surface area contributed by atoms with Crippen LogP contribution < -0.4 is 0 Å². The summed E-state index contributed by atoms with van der Waals surface area (Å²) in [6, 6.07) is 8.12. The van der Waals surface area contributed by atoms with Crippen molar-refractivity contribution in [2.75, 3.05) is 0 Å². The third-order valence-corrected chi connectivity index (χ3v) is 3.47. The van der Waals surface area contributed by atoms with Crippen LogP contribution in [0.5, 0.6) is 0 Å². The Morgan fingerprint density at radius 1 is 1.20 bits per heavy atom. The van der Waals surface area contributed by atoms with Crippen molar-refractivity contribution in [3.8, 4) is 0 Å². The molecule has 0 saturated carbocycles. The van der Waals surface area contributed by atoms with Crippen molar-refractivity contribution < 1.29 is 18.7 Å². The number of pyridine rings is 1. The lowest BCUT2D eigenvalue weighted by molar-refractivity contribution is -0.137. The summed E-state index contributed by atoms with van der Waals surface area (Å²) < 4.78 is 25.2. The van der Waals surface area contributed by atoms with Crippen molar-refractivity contribution >= 4 is 5.97 Å². The first-order chi connectivity index (χ1) is 11.9. The first kappa shape index (κ1) is 22.7. The minimum Gasteiger partial charge on any atom is -0.481 e. The fourth-order valence-electron chi connectivity index (χ4n) is 2.11. The maximum absolute atomic E-state index is 12.9. The van der Waals surface area contributed by atoms with Gasteiger partial charge in [-0.15, -0.1) is 0 Å². The van der Waals surface area contributed by atoms with Crippen LogP contribution in [0.25, 0.3) is 0 Å². The van der Waals surface area contributed by atoms with E-state index >= 15 is 0 Å². The lowest BCUT2D eigenvalue weighted by Crippen LogP contribution is -2.03. The zero-order valence-electron chi connectivity index (χ0n) is 15.3. The van der Waals surface area contributed by atoms with E-state index in [1.165, 1.54) is 12.1 Å². The van der Waals surface area contributed by atoms with Crippen LogP contribution in [0.1, 0.15) is 57.1 Å². The van der Waals surface area contributed by atoms with E-state index < -0.39 is 5.97 Å². The number of nitrogens with zero attached hydrogens (tertiary/aromatic N) is 1. The zero-order chi connectivity index (χ0) is 19.2. The summed E-state index contributed by atoms with van der Waals surface area (Å²) in [5, 5.41) is 8.57. The number of benzene rings is 1. The molecule has 0 aliphatic carbocycles. The first-order valence-corrected chi connectivity index (χ1v) is 8.47. The third kappa shape index (κ3) is 9.55. The smallest absolute Gasteiger partial charge is 0.303 e. The maximum atomic E-state index is 12.9. The molecular weight excluding hydrogens is 324 g/mol. The summed E-state index contributed by atoms with van der Waals surface area (Å²) in [6.07, 6.45) is 4.16. The Morgan fingerprint density at radius 3 is 2.28 bits per heavy atom. The Hall–Kier alpha value is -2.30. The van der Waals surface area contributed by atoms with Crippen molar-refractivity contribution in [1.29, 1.82) is 0 Å². The highest BCUT2D eigenvalue weighted by Crippen LogP contribution is 2.24. The van der Waals surface area contributed by atoms with Gasteiger partial charge < -0.3 is 5.11 Å². The molecule has 5 heteroatoms. The van der Waals surface area contributed by atoms with Gasteiger partial charge in [-0.1, -0.05) is 39.0 Å². The molecule has 0 amide bonds. The predicted octanol–water partition coefficient (Wildman–Crippen LogP) is 5.74. The number of carboxylic acids is 1. The van der Waals surface area contributed by atoms with Crippen molar-refractivity contribution in [2.45, 2.75) is 52.9 Å². The topological polar surface area (TPSA) is 50.2 Å². The van der Waals surface area contributed by atoms with Gasteiger partial charge in [-0.05, 0) is 48.9 Å². The molecule has 1 atom stereocenters. The lowest BCUT2D eigenvalue weighted by Gasteiger charge is -2.13. The molecule has 25 heavy (non-hydrogen) atoms. The fourth-order valence-corrected chi connectivity index (χ4v) is 2.11. The van der Waals surface area contributed by atoms with E-state index in [4.69, 9.17) is 5.11 Å². The maximum Gasteiger partial charge on any atom is 0.303 e. The summed E-state index contributed by atoms with van der Waals surface area (Å²) in [6.45, 7) is 7.70. The highest BCUT2D eigenvalue weighted by molar-refractivity contribution is 5.66. The summed E-state index contributed by atoms with van der Waals surface area (Å²) in [5.74, 6) is -1.25. The van der Waals surface area contributed by atoms with Crippen LogP contribution in [0.2, 0.25) is 0 Å². The molecule has 1 heterocycles. The SMILES string of the molecule is CC.CCC(CCC(=O)O)c1cncc(F)c1.Cc1ccccc1F. The van der Waals surface area contributed by atoms with E-state index in [9.17, 15) is 13.6 Å². The predicted molar refractivity (Wildman–Crippen MR) is 96.6 cm³/mol. The van der Waals surface area contributed by atoms with Crippen LogP contribution in [0, 0.1) is 18.6 Å². The van der Waals surface area contributed by atoms with Crippen LogP contribution in [0.4, 0.5) is 8.78 Å². The lowest BCUT2D eigenvalue weighted by atomic mass is 9.93. The molecule has 0 fully saturated rings. The monoisotopic (exact) mass is 351 g/mol. The second-order valence-corrected chi connectivity index (χ2v) is 5.22. The normalized spacial score (nSPS) is 10.6. The van der Waals surface area contributed by atoms with Crippen LogP contribution in [0.15, 0.2) is 42.7 Å². The zero-order valence-corrected chi connectivity index (χ0v) is 15.3. The van der Waals surface area contributed by atoms with Crippen molar-refractivity contribution in [2.24, 2.45) is 0 Å². The van der Waals surface area contributed by atoms with Gasteiger partial charge in [-0.2, -0.15) is 0 Å². The van der Waals surface area contributed by atoms with Gasteiger partial charge in [0.1, 0.15) is 11.6 Å². The van der Waals surface area contributed by atoms with Gasteiger partial charge in [0.15, 0.2) is 0 Å². The molecule has 1 aromatic heterocycles. The molecule has 0 aliphatic heterocycles. The molecule has 0 saturated heterocycles. The van der Waals surface area contributed by atoms with Gasteiger partial charge in [0.2, 0.25) is 0 Å². The third-order valence-electron chi connectivity index (χ3n) is 3.47. The fraction of sp³-hybridized carbons (Fsp3) is 0.400. The van der Waals surface area contributed by atoms with Gasteiger partial charge in [0.25, 0.3) is 0 Å². The summed E-state index contributed by atoms with van der Waals surface area (Å²) in [4.78, 5) is 14.2. The number of carboxylic acid groups (broad SMARTS) is 1. The van der Waals surface area contributed by atoms with E-state index in [0.717, 1.165) is 18.2 Å². The molecule has 0 bridgehead atoms. The Balaban J connectivity index is 0.000000483. The molecule has 1 unspecified atom stereocenters. The average Bonchev–Trinajstić information content (AvgIpc) is 2.60. The van der Waals surface area contributed by atoms with Gasteiger partial charge in [0.05, 0.1) is 6.20 Å². The number of aliphatic carboxylic acids is 1. The van der Waals surface area contributed by atoms with Crippen LogP contribution in [0.3, 0.4) is 0 Å². The molecule has 2 aromatic rings. The molecule has 138 valence electrons. The van der Waals surface area contributed by atoms with E-state index in [1.54, 1.807) is 25.3 Å². The molecule has 0 radical (unpaired) electrons. The summed E-state index contributed by atoms with van der Waals surface area (Å²) >= 11 is 0. The Kier molecular flexibility index (Phi) is 11.8. The number of halogens is 2. The highest BCUT2D eigenvalue weighted by Gasteiger charge is 2.12. The standard InChI is InChI=1S/C11H14FNO2.C7H7F.C2H6/c1-2-8(3-4-11(14)15)9-5-10(12)7-13-6-9;1-6-4-2-3-5-7(6)8;1-2/h5-8H,2-4H2,1H3,(H,14,15);2-5H,1H3;1-2H3. The first-order valence-electron chi connectivity index (χ1n) is 8.47. The molecule has 0 aliphatic rings. The van der Waals surface area contributed by atoms with Crippen LogP contribution in [-0.2, 0) is 4.79 Å². The average molecular weight is 351 g/mol. The Morgan fingerprint density at radius 2 is 1.84 bits per heavy atom. The van der Waals surface area contributed by atoms with E-state index in [-0.39, 0.29) is 24.0 Å². The van der Waals surface area contributed by atoms with Crippen LogP contribution >= 0.6 is 0 Å². The molecule has 3 nitrogen and oxygen atoms in total. The summed E-state index contributed by atoms with van der Waals surface area (Å²) in [7, 11) is 0. The van der Waals surface area contributed by atoms with Crippen molar-refractivity contribution in [1.82, 2.24) is 4.98 Å². The molecule has 0 spiro atoms. The second-order valence-electron chi connectivity index (χ2n) is 5.22. The minimum absolute atomic E-state index is 0.0734. The van der Waals surface area contributed by atoms with Crippen molar-refractivity contribution in [3.63, 3.8) is 0 Å². The number of aromatic nitrogens is 1. The largest absolute Gasteiger partial charge is 0.481 e. The van der Waals surface area contributed by atoms with Crippen LogP contribution in [-0.4, -0.2) is 16.1 Å². The quantitative estimate of drug-likeness (QED) is 0.747. The minimum atomic E-state index is -0.821. The Bertz CT molecular complexity index is 612. The van der Waals surface area contributed by atoms with Crippen molar-refractivity contribution in [3.05, 3.63) is 65.5 Å². The van der Waals surface area contributed by atoms with Gasteiger partial charge >= 0.3 is 5.97 Å². The van der Waals surface area contributed by atoms with Gasteiger partial charge in [-0.3, -0.25) is 9.78 Å². The number of aryl methyl sites for hydroxylation is 1. The molecule has 1 N–H and O–H groups in total. The summed E-state index contributed by atoms with van der Waals surface area (Å²) in [5.41, 5.74) is 1.48. The van der Waals surface area contributed by atoms with Gasteiger partial charge in [-0.25, -0.2) is 8.78 Å². The van der Waals surface area contributed by atoms with E-state index in [1.807, 2.05) is 26.8 Å². The number of rotatable bonds is 5. The molecule has 1 aromatic carbocycles. The molecular formula is C20H27F2NO2. The van der Waals surface area contributed by atoms with Gasteiger partial charge in [0, 0.05) is 12.6 Å². The van der Waals surface area contributed by atoms with E-state index in [2.05, 4.69) is 4.98 Å². The molecule has 2 rings (SSSR count). The highest BCUT2D eigenvalue weighted by atomic mass is 19.1.